The predicted molar refractivity (Wildman–Crippen MR) is 40.8 cm³/mol. The summed E-state index contributed by atoms with van der Waals surface area (Å²) in [5.41, 5.74) is 1.77. The van der Waals surface area contributed by atoms with Crippen LogP contribution in [0.5, 0.6) is 0 Å². The van der Waals surface area contributed by atoms with Gasteiger partial charge in [-0.15, -0.1) is 0 Å². The van der Waals surface area contributed by atoms with Crippen molar-refractivity contribution >= 4 is 11.0 Å². The van der Waals surface area contributed by atoms with Crippen LogP contribution < -0.4 is 0 Å². The van der Waals surface area contributed by atoms with Crippen LogP contribution in [0.25, 0.3) is 11.0 Å². The van der Waals surface area contributed by atoms with Crippen LogP contribution in [0.1, 0.15) is 0 Å². The molecular formula is C8H7N2O. The maximum atomic E-state index is 8.82. The molecule has 1 aromatic carbocycles. The van der Waals surface area contributed by atoms with Crippen molar-refractivity contribution in [2.45, 2.75) is 6.73 Å². The molecule has 3 heteroatoms. The molecule has 0 atom stereocenters. The summed E-state index contributed by atoms with van der Waals surface area (Å²) in [6.07, 6.45) is 2.68. The van der Waals surface area contributed by atoms with E-state index in [0.29, 0.717) is 0 Å². The fourth-order valence-corrected chi connectivity index (χ4v) is 1.06. The Balaban J connectivity index is 2.76. The van der Waals surface area contributed by atoms with Crippen molar-refractivity contribution in [3.05, 3.63) is 30.6 Å². The average Bonchev–Trinajstić information content (AvgIpc) is 2.47. The van der Waals surface area contributed by atoms with Crippen molar-refractivity contribution in [1.29, 1.82) is 0 Å². The van der Waals surface area contributed by atoms with Crippen LogP contribution in [-0.2, 0) is 6.73 Å². The maximum Gasteiger partial charge on any atom is 0.179 e. The maximum absolute atomic E-state index is 8.82. The third kappa shape index (κ3) is 0.897. The highest BCUT2D eigenvalue weighted by molar-refractivity contribution is 5.74. The molecule has 1 N–H and O–H groups in total. The Morgan fingerprint density at radius 2 is 2.27 bits per heavy atom. The van der Waals surface area contributed by atoms with Gasteiger partial charge in [0.25, 0.3) is 0 Å². The van der Waals surface area contributed by atoms with E-state index >= 15 is 0 Å². The molecule has 0 fully saturated rings. The van der Waals surface area contributed by atoms with Gasteiger partial charge in [-0.1, -0.05) is 12.1 Å². The standard InChI is InChI=1S/C8H7N2O/c11-6-10-5-9-7-3-1-2-4-8(7)10/h1-4,11H,6H2. The molecule has 0 unspecified atom stereocenters. The molecule has 0 amide bonds. The molecule has 2 rings (SSSR count). The first-order valence-electron chi connectivity index (χ1n) is 3.35. The molecule has 0 aliphatic rings. The first kappa shape index (κ1) is 6.37. The Morgan fingerprint density at radius 3 is 3.09 bits per heavy atom. The molecule has 1 aromatic heterocycles. The molecule has 55 valence electrons. The van der Waals surface area contributed by atoms with Crippen LogP contribution in [-0.4, -0.2) is 14.7 Å². The van der Waals surface area contributed by atoms with E-state index in [-0.39, 0.29) is 6.73 Å². The summed E-state index contributed by atoms with van der Waals surface area (Å²) in [6, 6.07) is 7.60. The zero-order valence-corrected chi connectivity index (χ0v) is 5.86. The summed E-state index contributed by atoms with van der Waals surface area (Å²) in [7, 11) is 0. The number of rotatable bonds is 1. The lowest BCUT2D eigenvalue weighted by Crippen LogP contribution is -1.93. The molecule has 0 aliphatic heterocycles. The Kier molecular flexibility index (Phi) is 1.36. The molecule has 0 spiro atoms. The summed E-state index contributed by atoms with van der Waals surface area (Å²) < 4.78 is 1.56. The number of nitrogens with zero attached hydrogens (tertiary/aromatic N) is 2. The molecule has 1 radical (unpaired) electrons. The lowest BCUT2D eigenvalue weighted by molar-refractivity contribution is 0.214. The van der Waals surface area contributed by atoms with Crippen molar-refractivity contribution in [2.75, 3.05) is 0 Å². The van der Waals surface area contributed by atoms with Crippen LogP contribution in [0.2, 0.25) is 0 Å². The number of para-hydroxylation sites is 2. The Labute approximate surface area is 63.9 Å². The van der Waals surface area contributed by atoms with E-state index in [0.717, 1.165) is 11.0 Å². The number of hydrogen-bond donors (Lipinski definition) is 1. The minimum absolute atomic E-state index is 0.0689. The third-order valence-corrected chi connectivity index (χ3v) is 1.61. The number of imidazole rings is 1. The van der Waals surface area contributed by atoms with Gasteiger partial charge >= 0.3 is 0 Å². The summed E-state index contributed by atoms with van der Waals surface area (Å²) in [5.74, 6) is 0. The van der Waals surface area contributed by atoms with Gasteiger partial charge in [-0.3, -0.25) is 4.57 Å². The van der Waals surface area contributed by atoms with Gasteiger partial charge in [0, 0.05) is 0 Å². The van der Waals surface area contributed by atoms with E-state index in [4.69, 9.17) is 5.11 Å². The summed E-state index contributed by atoms with van der Waals surface area (Å²) in [6.45, 7) is -0.0689. The van der Waals surface area contributed by atoms with Crippen molar-refractivity contribution in [2.24, 2.45) is 0 Å². The van der Waals surface area contributed by atoms with E-state index in [9.17, 15) is 0 Å². The predicted octanol–water partition coefficient (Wildman–Crippen LogP) is 0.786. The fraction of sp³-hybridized carbons (Fsp3) is 0.125. The van der Waals surface area contributed by atoms with Crippen molar-refractivity contribution in [3.63, 3.8) is 0 Å². The second-order valence-electron chi connectivity index (χ2n) is 2.27. The van der Waals surface area contributed by atoms with E-state index in [1.54, 1.807) is 4.57 Å². The average molecular weight is 147 g/mol. The quantitative estimate of drug-likeness (QED) is 0.647. The highest BCUT2D eigenvalue weighted by Gasteiger charge is 1.98. The van der Waals surface area contributed by atoms with Gasteiger partial charge in [-0.2, -0.15) is 0 Å². The van der Waals surface area contributed by atoms with Gasteiger partial charge < -0.3 is 5.11 Å². The third-order valence-electron chi connectivity index (χ3n) is 1.61. The molecule has 0 saturated heterocycles. The number of aliphatic hydroxyl groups excluding tert-OH is 1. The van der Waals surface area contributed by atoms with Gasteiger partial charge in [-0.05, 0) is 12.1 Å². The van der Waals surface area contributed by atoms with Gasteiger partial charge in [0.2, 0.25) is 0 Å². The number of benzene rings is 1. The van der Waals surface area contributed by atoms with Gasteiger partial charge in [0.15, 0.2) is 6.33 Å². The lowest BCUT2D eigenvalue weighted by Gasteiger charge is -1.94. The minimum atomic E-state index is -0.0689. The lowest BCUT2D eigenvalue weighted by atomic mass is 10.3. The zero-order valence-electron chi connectivity index (χ0n) is 5.86. The topological polar surface area (TPSA) is 38.0 Å². The van der Waals surface area contributed by atoms with Crippen molar-refractivity contribution in [1.82, 2.24) is 9.55 Å². The van der Waals surface area contributed by atoms with Crippen molar-refractivity contribution in [3.8, 4) is 0 Å². The molecular weight excluding hydrogens is 140 g/mol. The molecule has 0 aliphatic carbocycles. The molecule has 11 heavy (non-hydrogen) atoms. The first-order chi connectivity index (χ1) is 5.42. The van der Waals surface area contributed by atoms with Crippen LogP contribution >= 0.6 is 0 Å². The van der Waals surface area contributed by atoms with Crippen molar-refractivity contribution < 1.29 is 5.11 Å². The molecule has 3 nitrogen and oxygen atoms in total. The highest BCUT2D eigenvalue weighted by Crippen LogP contribution is 2.09. The summed E-state index contributed by atoms with van der Waals surface area (Å²) in [5, 5.41) is 8.82. The smallest absolute Gasteiger partial charge is 0.179 e. The van der Waals surface area contributed by atoms with Gasteiger partial charge in [-0.25, -0.2) is 4.98 Å². The number of aliphatic hydroxyl groups is 1. The van der Waals surface area contributed by atoms with E-state index in [2.05, 4.69) is 11.3 Å². The van der Waals surface area contributed by atoms with Gasteiger partial charge in [0.05, 0.1) is 11.0 Å². The number of hydrogen-bond acceptors (Lipinski definition) is 2. The SMILES string of the molecule is OCn1[c]nc2ccccc21. The van der Waals surface area contributed by atoms with Crippen LogP contribution in [0.3, 0.4) is 0 Å². The van der Waals surface area contributed by atoms with Crippen LogP contribution in [0.15, 0.2) is 24.3 Å². The zero-order chi connectivity index (χ0) is 7.68. The monoisotopic (exact) mass is 147 g/mol. The Morgan fingerprint density at radius 1 is 1.45 bits per heavy atom. The second kappa shape index (κ2) is 2.36. The normalized spacial score (nSPS) is 10.6. The van der Waals surface area contributed by atoms with Crippen LogP contribution in [0.4, 0.5) is 0 Å². The largest absolute Gasteiger partial charge is 0.376 e. The first-order valence-corrected chi connectivity index (χ1v) is 3.35. The molecule has 2 aromatic rings. The van der Waals surface area contributed by atoms with Gasteiger partial charge in [0.1, 0.15) is 6.73 Å². The fourth-order valence-electron chi connectivity index (χ4n) is 1.06. The number of aromatic nitrogens is 2. The second-order valence-corrected chi connectivity index (χ2v) is 2.27. The Hall–Kier alpha value is -1.35. The van der Waals surface area contributed by atoms with Crippen LogP contribution in [0, 0.1) is 6.33 Å². The molecule has 0 bridgehead atoms. The number of fused-ring (bicyclic) bond motifs is 1. The van der Waals surface area contributed by atoms with E-state index in [1.165, 1.54) is 0 Å². The molecule has 0 saturated carbocycles. The minimum Gasteiger partial charge on any atom is -0.376 e. The molecule has 1 heterocycles. The Bertz CT molecular complexity index is 367. The highest BCUT2D eigenvalue weighted by atomic mass is 16.3. The summed E-state index contributed by atoms with van der Waals surface area (Å²) in [4.78, 5) is 3.97. The summed E-state index contributed by atoms with van der Waals surface area (Å²) >= 11 is 0. The van der Waals surface area contributed by atoms with E-state index in [1.807, 2.05) is 24.3 Å². The van der Waals surface area contributed by atoms with E-state index < -0.39 is 0 Å².